The number of hydrogen-bond donors (Lipinski definition) is 1. The summed E-state index contributed by atoms with van der Waals surface area (Å²) in [5.41, 5.74) is -0.365. The smallest absolute Gasteiger partial charge is 0.383 e. The number of halogens is 4. The molecular weight excluding hydrogens is 453 g/mol. The van der Waals surface area contributed by atoms with Crippen LogP contribution >= 0.6 is 23.4 Å². The summed E-state index contributed by atoms with van der Waals surface area (Å²) in [6.45, 7) is 0.917. The summed E-state index contributed by atoms with van der Waals surface area (Å²) in [7, 11) is 1.57. The number of amides is 1. The molecule has 11 heteroatoms. The summed E-state index contributed by atoms with van der Waals surface area (Å²) in [4.78, 5) is 13.1. The van der Waals surface area contributed by atoms with Gasteiger partial charge in [0.2, 0.25) is 5.91 Å². The molecule has 0 radical (unpaired) electrons. The third-order valence-electron chi connectivity index (χ3n) is 4.22. The number of nitrogens with zero attached hydrogens (tertiary/aromatic N) is 3. The van der Waals surface area contributed by atoms with E-state index in [2.05, 4.69) is 15.5 Å². The largest absolute Gasteiger partial charge is 0.417 e. The molecule has 1 aromatic heterocycles. The summed E-state index contributed by atoms with van der Waals surface area (Å²) in [5.74, 6) is -0.507. The average Bonchev–Trinajstić information content (AvgIpc) is 3.18. The van der Waals surface area contributed by atoms with Crippen LogP contribution in [0.15, 0.2) is 60.0 Å². The Bertz CT molecular complexity index is 1030. The zero-order valence-corrected chi connectivity index (χ0v) is 17.8. The van der Waals surface area contributed by atoms with Gasteiger partial charge in [-0.15, -0.1) is 10.2 Å². The molecule has 2 aromatic carbocycles. The normalized spacial score (nSPS) is 12.5. The minimum absolute atomic E-state index is 0.0101. The highest BCUT2D eigenvalue weighted by atomic mass is 35.5. The molecule has 1 amide bonds. The molecule has 0 saturated carbocycles. The number of hydrogen-bond acceptors (Lipinski definition) is 5. The third-order valence-corrected chi connectivity index (χ3v) is 5.80. The fraction of sp³-hybridized carbons (Fsp3) is 0.250. The monoisotopic (exact) mass is 470 g/mol. The molecule has 0 fully saturated rings. The van der Waals surface area contributed by atoms with E-state index in [-0.39, 0.29) is 5.69 Å². The topological polar surface area (TPSA) is 69.0 Å². The van der Waals surface area contributed by atoms with E-state index < -0.39 is 27.9 Å². The number of ether oxygens (including phenoxy) is 1. The van der Waals surface area contributed by atoms with Gasteiger partial charge in [-0.1, -0.05) is 53.7 Å². The molecular formula is C20H18ClF3N4O2S. The first-order valence-corrected chi connectivity index (χ1v) is 10.3. The van der Waals surface area contributed by atoms with Crippen molar-refractivity contribution in [2.24, 2.45) is 0 Å². The van der Waals surface area contributed by atoms with E-state index >= 15 is 0 Å². The van der Waals surface area contributed by atoms with E-state index in [1.807, 2.05) is 0 Å². The van der Waals surface area contributed by atoms with Crippen molar-refractivity contribution in [1.82, 2.24) is 14.8 Å². The minimum atomic E-state index is -4.64. The van der Waals surface area contributed by atoms with E-state index in [1.54, 1.807) is 42.0 Å². The zero-order valence-electron chi connectivity index (χ0n) is 16.3. The molecule has 0 saturated heterocycles. The fourth-order valence-corrected chi connectivity index (χ4v) is 3.98. The number of thioether (sulfide) groups is 1. The van der Waals surface area contributed by atoms with Gasteiger partial charge in [0.15, 0.2) is 5.16 Å². The molecule has 3 rings (SSSR count). The van der Waals surface area contributed by atoms with E-state index in [0.717, 1.165) is 23.9 Å². The van der Waals surface area contributed by atoms with Crippen LogP contribution in [0.1, 0.15) is 16.4 Å². The van der Waals surface area contributed by atoms with Gasteiger partial charge >= 0.3 is 6.18 Å². The van der Waals surface area contributed by atoms with Crippen molar-refractivity contribution >= 4 is 35.0 Å². The number of nitrogens with one attached hydrogen (secondary N) is 1. The molecule has 164 valence electrons. The Morgan fingerprint density at radius 1 is 1.26 bits per heavy atom. The minimum Gasteiger partial charge on any atom is -0.383 e. The average molecular weight is 471 g/mol. The molecule has 6 nitrogen and oxygen atoms in total. The molecule has 0 aliphatic carbocycles. The second kappa shape index (κ2) is 10.2. The SMILES string of the molecule is COCCn1cnnc1SC(C(=O)Nc1ccc(Cl)c(C(F)(F)F)c1)c1ccccc1. The van der Waals surface area contributed by atoms with Gasteiger partial charge in [-0.3, -0.25) is 4.79 Å². The second-order valence-corrected chi connectivity index (χ2v) is 7.87. The van der Waals surface area contributed by atoms with Gasteiger partial charge in [0.05, 0.1) is 17.2 Å². The highest BCUT2D eigenvalue weighted by Gasteiger charge is 2.34. The molecule has 1 atom stereocenters. The van der Waals surface area contributed by atoms with Crippen molar-refractivity contribution in [3.05, 3.63) is 71.0 Å². The lowest BCUT2D eigenvalue weighted by atomic mass is 10.1. The Labute approximate surface area is 185 Å². The first-order valence-electron chi connectivity index (χ1n) is 9.05. The lowest BCUT2D eigenvalue weighted by Gasteiger charge is -2.18. The number of rotatable bonds is 8. The van der Waals surface area contributed by atoms with Crippen LogP contribution in [0.25, 0.3) is 0 Å². The molecule has 1 N–H and O–H groups in total. The van der Waals surface area contributed by atoms with Crippen LogP contribution in [0.2, 0.25) is 5.02 Å². The number of aromatic nitrogens is 3. The molecule has 31 heavy (non-hydrogen) atoms. The predicted octanol–water partition coefficient (Wildman–Crippen LogP) is 5.07. The number of carbonyl (C=O) groups is 1. The Kier molecular flexibility index (Phi) is 7.58. The summed E-state index contributed by atoms with van der Waals surface area (Å²) in [6, 6.07) is 12.1. The van der Waals surface area contributed by atoms with Crippen molar-refractivity contribution in [2.75, 3.05) is 19.0 Å². The van der Waals surface area contributed by atoms with Crippen molar-refractivity contribution in [1.29, 1.82) is 0 Å². The standard InChI is InChI=1S/C20H18ClF3N4O2S/c1-30-10-9-28-12-25-27-19(28)31-17(13-5-3-2-4-6-13)18(29)26-14-7-8-16(21)15(11-14)20(22,23)24/h2-8,11-12,17H,9-10H2,1H3,(H,26,29). The Hall–Kier alpha value is -2.56. The van der Waals surface area contributed by atoms with Crippen LogP contribution in [0, 0.1) is 0 Å². The van der Waals surface area contributed by atoms with Gasteiger partial charge in [-0.25, -0.2) is 0 Å². The highest BCUT2D eigenvalue weighted by Crippen LogP contribution is 2.38. The quantitative estimate of drug-likeness (QED) is 0.465. The Morgan fingerprint density at radius 2 is 2.00 bits per heavy atom. The van der Waals surface area contributed by atoms with E-state index in [4.69, 9.17) is 16.3 Å². The van der Waals surface area contributed by atoms with Crippen LogP contribution in [-0.2, 0) is 22.3 Å². The van der Waals surface area contributed by atoms with Crippen molar-refractivity contribution in [3.63, 3.8) is 0 Å². The zero-order chi connectivity index (χ0) is 22.4. The molecule has 1 unspecified atom stereocenters. The van der Waals surface area contributed by atoms with Gasteiger partial charge in [-0.2, -0.15) is 13.2 Å². The van der Waals surface area contributed by atoms with Crippen LogP contribution in [0.5, 0.6) is 0 Å². The van der Waals surface area contributed by atoms with Gasteiger partial charge in [0, 0.05) is 19.3 Å². The van der Waals surface area contributed by atoms with E-state index in [9.17, 15) is 18.0 Å². The summed E-state index contributed by atoms with van der Waals surface area (Å²) < 4.78 is 46.3. The van der Waals surface area contributed by atoms with Gasteiger partial charge < -0.3 is 14.6 Å². The first-order chi connectivity index (χ1) is 14.8. The Balaban J connectivity index is 1.87. The summed E-state index contributed by atoms with van der Waals surface area (Å²) >= 11 is 6.80. The lowest BCUT2D eigenvalue weighted by Crippen LogP contribution is -2.20. The van der Waals surface area contributed by atoms with Crippen molar-refractivity contribution in [3.8, 4) is 0 Å². The number of benzene rings is 2. The lowest BCUT2D eigenvalue weighted by molar-refractivity contribution is -0.137. The maximum Gasteiger partial charge on any atom is 0.417 e. The van der Waals surface area contributed by atoms with Crippen LogP contribution in [0.4, 0.5) is 18.9 Å². The Morgan fingerprint density at radius 3 is 2.68 bits per heavy atom. The molecule has 3 aromatic rings. The van der Waals surface area contributed by atoms with Gasteiger partial charge in [0.1, 0.15) is 11.6 Å². The van der Waals surface area contributed by atoms with Crippen molar-refractivity contribution < 1.29 is 22.7 Å². The summed E-state index contributed by atoms with van der Waals surface area (Å²) in [5, 5.41) is 9.75. The molecule has 0 spiro atoms. The second-order valence-electron chi connectivity index (χ2n) is 6.39. The summed E-state index contributed by atoms with van der Waals surface area (Å²) in [6.07, 6.45) is -3.11. The fourth-order valence-electron chi connectivity index (χ4n) is 2.71. The maximum atomic E-state index is 13.2. The maximum absolute atomic E-state index is 13.2. The molecule has 0 bridgehead atoms. The number of methoxy groups -OCH3 is 1. The molecule has 0 aliphatic heterocycles. The third kappa shape index (κ3) is 5.99. The van der Waals surface area contributed by atoms with Crippen LogP contribution < -0.4 is 5.32 Å². The first kappa shape index (κ1) is 23.1. The van der Waals surface area contributed by atoms with Crippen molar-refractivity contribution in [2.45, 2.75) is 23.1 Å². The van der Waals surface area contributed by atoms with Crippen LogP contribution in [0.3, 0.4) is 0 Å². The molecule has 0 aliphatic rings. The predicted molar refractivity (Wildman–Crippen MR) is 112 cm³/mol. The molecule has 1 heterocycles. The van der Waals surface area contributed by atoms with Crippen LogP contribution in [-0.4, -0.2) is 34.4 Å². The van der Waals surface area contributed by atoms with E-state index in [0.29, 0.717) is 23.9 Å². The van der Waals surface area contributed by atoms with E-state index in [1.165, 1.54) is 12.4 Å². The number of alkyl halides is 3. The number of anilines is 1. The van der Waals surface area contributed by atoms with Gasteiger partial charge in [0.25, 0.3) is 0 Å². The highest BCUT2D eigenvalue weighted by molar-refractivity contribution is 8.00. The number of carbonyl (C=O) groups excluding carboxylic acids is 1. The van der Waals surface area contributed by atoms with Gasteiger partial charge in [-0.05, 0) is 23.8 Å².